The zero-order chi connectivity index (χ0) is 8.73. The van der Waals surface area contributed by atoms with Crippen molar-refractivity contribution in [2.24, 2.45) is 0 Å². The molecule has 0 bridgehead atoms. The molecule has 2 N–H and O–H groups in total. The van der Waals surface area contributed by atoms with E-state index in [2.05, 4.69) is 27.7 Å². The molecule has 0 atom stereocenters. The summed E-state index contributed by atoms with van der Waals surface area (Å²) < 4.78 is 22.8. The molecule has 0 aromatic carbocycles. The van der Waals surface area contributed by atoms with Crippen LogP contribution in [-0.2, 0) is 11.4 Å². The second-order valence-corrected chi connectivity index (χ2v) is 2.69. The lowest BCUT2D eigenvalue weighted by molar-refractivity contribution is 0.454. The highest BCUT2D eigenvalue weighted by molar-refractivity contribution is 7.73. The Labute approximate surface area is 64.3 Å². The van der Waals surface area contributed by atoms with Crippen LogP contribution in [0.2, 0.25) is 0 Å². The van der Waals surface area contributed by atoms with Gasteiger partial charge in [0.2, 0.25) is 0 Å². The molecule has 62 valence electrons. The van der Waals surface area contributed by atoms with Crippen molar-refractivity contribution >= 4 is 11.4 Å². The van der Waals surface area contributed by atoms with E-state index in [9.17, 15) is 0 Å². The summed E-state index contributed by atoms with van der Waals surface area (Å²) in [6.07, 6.45) is 0. The fraction of sp³-hybridized carbons (Fsp3) is 0.667. The molecule has 0 aliphatic heterocycles. The largest absolute Gasteiger partial charge is 0.299 e. The highest BCUT2D eigenvalue weighted by Crippen LogP contribution is 1.96. The Balaban J connectivity index is 0. The topological polar surface area (TPSA) is 57.5 Å². The van der Waals surface area contributed by atoms with Gasteiger partial charge in [-0.1, -0.05) is 11.1 Å². The minimum absolute atomic E-state index is 1.43. The molecule has 0 saturated carbocycles. The summed E-state index contributed by atoms with van der Waals surface area (Å²) in [5.74, 6) is 0. The lowest BCUT2D eigenvalue weighted by Gasteiger charge is -1.88. The molecule has 0 unspecified atom stereocenters. The van der Waals surface area contributed by atoms with Gasteiger partial charge in [0.1, 0.15) is 0 Å². The van der Waals surface area contributed by atoms with Gasteiger partial charge in [-0.25, -0.2) is 0 Å². The average Bonchev–Trinajstić information content (AvgIpc) is 1.63. The second-order valence-electron chi connectivity index (χ2n) is 2.23. The van der Waals surface area contributed by atoms with Crippen LogP contribution in [0.5, 0.6) is 0 Å². The molecule has 0 rings (SSSR count). The molecule has 0 amide bonds. The van der Waals surface area contributed by atoms with E-state index in [1.54, 1.807) is 0 Å². The zero-order valence-corrected chi connectivity index (χ0v) is 7.53. The third-order valence-corrected chi connectivity index (χ3v) is 1.00. The molecule has 0 radical (unpaired) electrons. The molecule has 3 nitrogen and oxygen atoms in total. The summed E-state index contributed by atoms with van der Waals surface area (Å²) in [5, 5.41) is 0. The van der Waals surface area contributed by atoms with Crippen LogP contribution in [0.1, 0.15) is 27.7 Å². The molecule has 0 spiro atoms. The summed E-state index contributed by atoms with van der Waals surface area (Å²) in [6.45, 7) is 8.48. The molecular formula is C6H14O3S. The maximum atomic E-state index is 8.67. The van der Waals surface area contributed by atoms with Crippen LogP contribution < -0.4 is 0 Å². The van der Waals surface area contributed by atoms with Gasteiger partial charge in [0.15, 0.2) is 0 Å². The number of hydrogen-bond acceptors (Lipinski definition) is 1. The van der Waals surface area contributed by atoms with Gasteiger partial charge in [0, 0.05) is 0 Å². The van der Waals surface area contributed by atoms with E-state index < -0.39 is 11.4 Å². The Morgan fingerprint density at radius 3 is 1.10 bits per heavy atom. The first-order valence-corrected chi connectivity index (χ1v) is 3.85. The quantitative estimate of drug-likeness (QED) is 0.427. The van der Waals surface area contributed by atoms with Crippen LogP contribution >= 0.6 is 0 Å². The Bertz CT molecular complexity index is 118. The normalized spacial score (nSPS) is 8.30. The van der Waals surface area contributed by atoms with Crippen molar-refractivity contribution in [3.63, 3.8) is 0 Å². The predicted molar refractivity (Wildman–Crippen MR) is 43.1 cm³/mol. The summed E-state index contributed by atoms with van der Waals surface area (Å²) in [5.41, 5.74) is 2.85. The lowest BCUT2D eigenvalue weighted by Crippen LogP contribution is -1.74. The van der Waals surface area contributed by atoms with Crippen LogP contribution in [0.25, 0.3) is 0 Å². The van der Waals surface area contributed by atoms with Gasteiger partial charge in [-0.15, -0.1) is 0 Å². The Morgan fingerprint density at radius 1 is 1.00 bits per heavy atom. The first-order chi connectivity index (χ1) is 4.37. The standard InChI is InChI=1S/C6H12.H2O3S/c1-5(2)6(3)4;1-4(2)3/h1-4H3;(H2,1,2,3). The first kappa shape index (κ1) is 12.5. The Hall–Kier alpha value is -0.190. The maximum absolute atomic E-state index is 8.67. The summed E-state index contributed by atoms with van der Waals surface area (Å²) >= 11 is -2.61. The highest BCUT2D eigenvalue weighted by Gasteiger charge is 1.75. The van der Waals surface area contributed by atoms with Crippen LogP contribution in [0, 0.1) is 0 Å². The maximum Gasteiger partial charge on any atom is 0.299 e. The minimum atomic E-state index is -2.61. The molecule has 0 fully saturated rings. The molecule has 10 heavy (non-hydrogen) atoms. The predicted octanol–water partition coefficient (Wildman–Crippen LogP) is 2.04. The van der Waals surface area contributed by atoms with E-state index in [0.29, 0.717) is 0 Å². The SMILES string of the molecule is CC(C)=C(C)C.O=S(O)O. The van der Waals surface area contributed by atoms with E-state index in [1.165, 1.54) is 11.1 Å². The number of allylic oxidation sites excluding steroid dienone is 2. The van der Waals surface area contributed by atoms with E-state index in [1.807, 2.05) is 0 Å². The molecule has 0 aromatic rings. The van der Waals surface area contributed by atoms with Crippen molar-refractivity contribution in [2.75, 3.05) is 0 Å². The molecule has 0 aliphatic carbocycles. The van der Waals surface area contributed by atoms with Crippen molar-refractivity contribution in [3.8, 4) is 0 Å². The van der Waals surface area contributed by atoms with Crippen molar-refractivity contribution in [2.45, 2.75) is 27.7 Å². The summed E-state index contributed by atoms with van der Waals surface area (Å²) in [6, 6.07) is 0. The molecule has 0 saturated heterocycles. The summed E-state index contributed by atoms with van der Waals surface area (Å²) in [7, 11) is 0. The van der Waals surface area contributed by atoms with Crippen molar-refractivity contribution in [1.82, 2.24) is 0 Å². The van der Waals surface area contributed by atoms with Crippen molar-refractivity contribution < 1.29 is 13.3 Å². The lowest BCUT2D eigenvalue weighted by atomic mass is 10.2. The Morgan fingerprint density at radius 2 is 1.10 bits per heavy atom. The monoisotopic (exact) mass is 166 g/mol. The van der Waals surface area contributed by atoms with Crippen molar-refractivity contribution in [1.29, 1.82) is 0 Å². The third-order valence-electron chi connectivity index (χ3n) is 1.00. The fourth-order valence-corrected chi connectivity index (χ4v) is 0. The van der Waals surface area contributed by atoms with Crippen LogP contribution in [0.3, 0.4) is 0 Å². The Kier molecular flexibility index (Phi) is 8.64. The number of hydrogen-bond donors (Lipinski definition) is 2. The first-order valence-electron chi connectivity index (χ1n) is 2.78. The van der Waals surface area contributed by atoms with Gasteiger partial charge >= 0.3 is 0 Å². The van der Waals surface area contributed by atoms with Gasteiger partial charge in [-0.3, -0.25) is 9.11 Å². The van der Waals surface area contributed by atoms with Gasteiger partial charge < -0.3 is 0 Å². The molecule has 0 aromatic heterocycles. The zero-order valence-electron chi connectivity index (χ0n) is 6.71. The molecular weight excluding hydrogens is 152 g/mol. The highest BCUT2D eigenvalue weighted by atomic mass is 32.2. The van der Waals surface area contributed by atoms with Crippen LogP contribution in [-0.4, -0.2) is 13.3 Å². The van der Waals surface area contributed by atoms with E-state index >= 15 is 0 Å². The van der Waals surface area contributed by atoms with Crippen LogP contribution in [0.4, 0.5) is 0 Å². The molecule has 4 heteroatoms. The fourth-order valence-electron chi connectivity index (χ4n) is 0. The van der Waals surface area contributed by atoms with E-state index in [-0.39, 0.29) is 0 Å². The van der Waals surface area contributed by atoms with Gasteiger partial charge in [0.25, 0.3) is 11.4 Å². The average molecular weight is 166 g/mol. The minimum Gasteiger partial charge on any atom is -0.284 e. The number of rotatable bonds is 0. The van der Waals surface area contributed by atoms with Gasteiger partial charge in [-0.05, 0) is 27.7 Å². The molecule has 0 aliphatic rings. The van der Waals surface area contributed by atoms with E-state index in [4.69, 9.17) is 13.3 Å². The van der Waals surface area contributed by atoms with E-state index in [0.717, 1.165) is 0 Å². The smallest absolute Gasteiger partial charge is 0.284 e. The third kappa shape index (κ3) is 25.0. The van der Waals surface area contributed by atoms with Crippen molar-refractivity contribution in [3.05, 3.63) is 11.1 Å². The second kappa shape index (κ2) is 6.92. The van der Waals surface area contributed by atoms with Gasteiger partial charge in [0.05, 0.1) is 0 Å². The summed E-state index contributed by atoms with van der Waals surface area (Å²) in [4.78, 5) is 0. The van der Waals surface area contributed by atoms with Gasteiger partial charge in [-0.2, -0.15) is 4.21 Å². The molecule has 0 heterocycles. The van der Waals surface area contributed by atoms with Crippen LogP contribution in [0.15, 0.2) is 11.1 Å².